The Kier molecular flexibility index (Phi) is 5.59. The molecule has 3 heterocycles. The summed E-state index contributed by atoms with van der Waals surface area (Å²) in [7, 11) is 1.58. The molecule has 29 heavy (non-hydrogen) atoms. The van der Waals surface area contributed by atoms with Crippen molar-refractivity contribution in [3.63, 3.8) is 0 Å². The predicted molar refractivity (Wildman–Crippen MR) is 110 cm³/mol. The highest BCUT2D eigenvalue weighted by Gasteiger charge is 2.17. The number of imidazole rings is 1. The summed E-state index contributed by atoms with van der Waals surface area (Å²) in [5, 5.41) is 0.798. The van der Waals surface area contributed by atoms with Crippen molar-refractivity contribution < 1.29 is 9.47 Å². The summed E-state index contributed by atoms with van der Waals surface area (Å²) >= 11 is 12.3. The molecule has 0 aliphatic heterocycles. The van der Waals surface area contributed by atoms with E-state index in [2.05, 4.69) is 24.9 Å². The zero-order chi connectivity index (χ0) is 20.2. The maximum Gasteiger partial charge on any atom is 0.140 e. The lowest BCUT2D eigenvalue weighted by atomic mass is 10.1. The van der Waals surface area contributed by atoms with Crippen LogP contribution in [0.3, 0.4) is 0 Å². The fraction of sp³-hybridized carbons (Fsp3) is 0.100. The van der Waals surface area contributed by atoms with Gasteiger partial charge in [0.05, 0.1) is 19.0 Å². The van der Waals surface area contributed by atoms with Crippen molar-refractivity contribution in [1.82, 2.24) is 24.9 Å². The zero-order valence-electron chi connectivity index (χ0n) is 15.3. The lowest BCUT2D eigenvalue weighted by molar-refractivity contribution is 0.298. The Balaban J connectivity index is 1.60. The molecule has 0 saturated heterocycles. The molecule has 0 amide bonds. The minimum Gasteiger partial charge on any atom is -0.496 e. The molecule has 0 saturated carbocycles. The van der Waals surface area contributed by atoms with Gasteiger partial charge in [-0.25, -0.2) is 9.97 Å². The fourth-order valence-corrected chi connectivity index (χ4v) is 3.05. The molecule has 146 valence electrons. The average molecular weight is 428 g/mol. The SMILES string of the molecule is COc1cc(OCc2cnccn2)ccc1-c1nc(-c2ccc(Cl)nc2)[nH]c1Cl. The van der Waals surface area contributed by atoms with E-state index in [9.17, 15) is 0 Å². The van der Waals surface area contributed by atoms with Gasteiger partial charge in [-0.1, -0.05) is 23.2 Å². The number of halogens is 2. The fourth-order valence-electron chi connectivity index (χ4n) is 2.70. The van der Waals surface area contributed by atoms with Crippen molar-refractivity contribution >= 4 is 23.2 Å². The van der Waals surface area contributed by atoms with E-state index in [1.165, 1.54) is 0 Å². The first-order valence-corrected chi connectivity index (χ1v) is 9.33. The van der Waals surface area contributed by atoms with Gasteiger partial charge in [-0.2, -0.15) is 0 Å². The van der Waals surface area contributed by atoms with Crippen molar-refractivity contribution in [1.29, 1.82) is 0 Å². The standard InChI is InChI=1S/C20H15Cl2N5O2/c1-28-16-8-14(29-11-13-10-23-6-7-24-13)3-4-15(16)18-19(22)27-20(26-18)12-2-5-17(21)25-9-12/h2-10H,11H2,1H3,(H,26,27). The van der Waals surface area contributed by atoms with Crippen molar-refractivity contribution in [3.8, 4) is 34.1 Å². The monoisotopic (exact) mass is 427 g/mol. The second-order valence-corrected chi connectivity index (χ2v) is 6.73. The summed E-state index contributed by atoms with van der Waals surface area (Å²) in [5.74, 6) is 1.79. The van der Waals surface area contributed by atoms with E-state index < -0.39 is 0 Å². The number of ether oxygens (including phenoxy) is 2. The first kappa shape index (κ1) is 19.2. The third-order valence-corrected chi connectivity index (χ3v) is 4.59. The summed E-state index contributed by atoms with van der Waals surface area (Å²) in [6, 6.07) is 8.95. The van der Waals surface area contributed by atoms with Crippen LogP contribution in [0.25, 0.3) is 22.6 Å². The van der Waals surface area contributed by atoms with E-state index in [-0.39, 0.29) is 0 Å². The van der Waals surface area contributed by atoms with Crippen LogP contribution in [0.2, 0.25) is 10.3 Å². The molecule has 0 aliphatic carbocycles. The summed E-state index contributed by atoms with van der Waals surface area (Å²) in [6.07, 6.45) is 6.52. The van der Waals surface area contributed by atoms with E-state index in [4.69, 9.17) is 32.7 Å². The van der Waals surface area contributed by atoms with Gasteiger partial charge in [0, 0.05) is 35.8 Å². The maximum absolute atomic E-state index is 6.40. The molecule has 1 aromatic carbocycles. The first-order valence-electron chi connectivity index (χ1n) is 8.57. The molecule has 3 aromatic heterocycles. The smallest absolute Gasteiger partial charge is 0.140 e. The number of pyridine rings is 1. The van der Waals surface area contributed by atoms with Gasteiger partial charge in [-0.15, -0.1) is 0 Å². The molecule has 4 rings (SSSR count). The van der Waals surface area contributed by atoms with Crippen molar-refractivity contribution in [3.05, 3.63) is 71.1 Å². The Hall–Kier alpha value is -3.16. The second kappa shape index (κ2) is 8.46. The topological polar surface area (TPSA) is 85.8 Å². The average Bonchev–Trinajstić information content (AvgIpc) is 3.14. The lowest BCUT2D eigenvalue weighted by Crippen LogP contribution is -1.99. The molecule has 0 bridgehead atoms. The Morgan fingerprint density at radius 3 is 2.66 bits per heavy atom. The summed E-state index contributed by atoms with van der Waals surface area (Å²) in [4.78, 5) is 19.9. The molecule has 7 nitrogen and oxygen atoms in total. The van der Waals surface area contributed by atoms with E-state index in [0.717, 1.165) is 16.8 Å². The number of aromatic nitrogens is 5. The van der Waals surface area contributed by atoms with Crippen LogP contribution in [0.4, 0.5) is 0 Å². The molecule has 9 heteroatoms. The van der Waals surface area contributed by atoms with Gasteiger partial charge in [0.15, 0.2) is 0 Å². The van der Waals surface area contributed by atoms with Gasteiger partial charge in [0.2, 0.25) is 0 Å². The van der Waals surface area contributed by atoms with Crippen LogP contribution in [0.1, 0.15) is 5.69 Å². The highest BCUT2D eigenvalue weighted by molar-refractivity contribution is 6.32. The number of aromatic amines is 1. The normalized spacial score (nSPS) is 10.7. The molecule has 0 atom stereocenters. The highest BCUT2D eigenvalue weighted by atomic mass is 35.5. The molecule has 0 spiro atoms. The Labute approximate surface area is 176 Å². The van der Waals surface area contributed by atoms with E-state index in [1.807, 2.05) is 18.2 Å². The Morgan fingerprint density at radius 2 is 1.93 bits per heavy atom. The van der Waals surface area contributed by atoms with E-state index in [1.54, 1.807) is 44.0 Å². The number of methoxy groups -OCH3 is 1. The quantitative estimate of drug-likeness (QED) is 0.443. The van der Waals surface area contributed by atoms with Crippen molar-refractivity contribution in [2.45, 2.75) is 6.61 Å². The van der Waals surface area contributed by atoms with E-state index in [0.29, 0.717) is 39.9 Å². The molecule has 0 aliphatic rings. The van der Waals surface area contributed by atoms with Crippen LogP contribution in [0.5, 0.6) is 11.5 Å². The number of hydrogen-bond donors (Lipinski definition) is 1. The third kappa shape index (κ3) is 4.31. The molecular weight excluding hydrogens is 413 g/mol. The zero-order valence-corrected chi connectivity index (χ0v) is 16.8. The van der Waals surface area contributed by atoms with Gasteiger partial charge < -0.3 is 14.5 Å². The van der Waals surface area contributed by atoms with Crippen LogP contribution in [0.15, 0.2) is 55.1 Å². The minimum atomic E-state index is 0.299. The van der Waals surface area contributed by atoms with Crippen LogP contribution in [-0.4, -0.2) is 32.0 Å². The summed E-state index contributed by atoms with van der Waals surface area (Å²) < 4.78 is 11.3. The molecular formula is C20H15Cl2N5O2. The first-order chi connectivity index (χ1) is 14.1. The van der Waals surface area contributed by atoms with Gasteiger partial charge in [0.1, 0.15) is 39.9 Å². The van der Waals surface area contributed by atoms with Gasteiger partial charge >= 0.3 is 0 Å². The largest absolute Gasteiger partial charge is 0.496 e. The van der Waals surface area contributed by atoms with Crippen LogP contribution in [-0.2, 0) is 6.61 Å². The minimum absolute atomic E-state index is 0.299. The van der Waals surface area contributed by atoms with Gasteiger partial charge in [-0.3, -0.25) is 9.97 Å². The highest BCUT2D eigenvalue weighted by Crippen LogP contribution is 2.37. The molecule has 4 aromatic rings. The molecule has 0 radical (unpaired) electrons. The number of H-pyrrole nitrogens is 1. The summed E-state index contributed by atoms with van der Waals surface area (Å²) in [5.41, 5.74) is 2.79. The Morgan fingerprint density at radius 1 is 1.03 bits per heavy atom. The number of hydrogen-bond acceptors (Lipinski definition) is 6. The third-order valence-electron chi connectivity index (χ3n) is 4.09. The maximum atomic E-state index is 6.40. The van der Waals surface area contributed by atoms with E-state index >= 15 is 0 Å². The molecule has 0 unspecified atom stereocenters. The van der Waals surface area contributed by atoms with Crippen molar-refractivity contribution in [2.75, 3.05) is 7.11 Å². The predicted octanol–water partition coefficient (Wildman–Crippen LogP) is 4.82. The number of benzene rings is 1. The number of nitrogens with zero attached hydrogens (tertiary/aromatic N) is 4. The van der Waals surface area contributed by atoms with Gasteiger partial charge in [0.25, 0.3) is 0 Å². The molecule has 1 N–H and O–H groups in total. The number of nitrogens with one attached hydrogen (secondary N) is 1. The van der Waals surface area contributed by atoms with Gasteiger partial charge in [-0.05, 0) is 24.3 Å². The van der Waals surface area contributed by atoms with Crippen LogP contribution < -0.4 is 9.47 Å². The van der Waals surface area contributed by atoms with Crippen molar-refractivity contribution in [2.24, 2.45) is 0 Å². The second-order valence-electron chi connectivity index (χ2n) is 5.97. The lowest BCUT2D eigenvalue weighted by Gasteiger charge is -2.10. The van der Waals surface area contributed by atoms with Crippen LogP contribution in [0, 0.1) is 0 Å². The van der Waals surface area contributed by atoms with Crippen LogP contribution >= 0.6 is 23.2 Å². The molecule has 0 fully saturated rings. The summed E-state index contributed by atoms with van der Waals surface area (Å²) in [6.45, 7) is 0.299. The number of rotatable bonds is 6. The Bertz CT molecular complexity index is 1120.